The van der Waals surface area contributed by atoms with E-state index in [1.54, 1.807) is 7.05 Å². The molecule has 1 amide bonds. The predicted octanol–water partition coefficient (Wildman–Crippen LogP) is 0.0804. The maximum Gasteiger partial charge on any atom is 0.243 e. The highest BCUT2D eigenvalue weighted by molar-refractivity contribution is 5.86. The monoisotopic (exact) mass is 102 g/mol. The smallest absolute Gasteiger partial charge is 0.243 e. The van der Waals surface area contributed by atoms with Gasteiger partial charge in [0.1, 0.15) is 0 Å². The van der Waals surface area contributed by atoms with Gasteiger partial charge >= 0.3 is 0 Å². The van der Waals surface area contributed by atoms with Crippen LogP contribution in [0, 0.1) is 0 Å². The van der Waals surface area contributed by atoms with Crippen molar-refractivity contribution in [3.8, 4) is 0 Å². The summed E-state index contributed by atoms with van der Waals surface area (Å²) in [6.45, 7) is 3.22. The molecule has 0 fully saturated rings. The van der Waals surface area contributed by atoms with Crippen LogP contribution in [0.4, 0.5) is 0 Å². The minimum absolute atomic E-state index is 0. The van der Waals surface area contributed by atoms with Crippen LogP contribution in [0.5, 0.6) is 0 Å². The average molecular weight is 102 g/mol. The summed E-state index contributed by atoms with van der Waals surface area (Å²) < 4.78 is 0. The molecule has 0 rings (SSSR count). The highest BCUT2D eigenvalue weighted by Crippen LogP contribution is 1.56. The van der Waals surface area contributed by atoms with Crippen molar-refractivity contribution in [3.05, 3.63) is 12.7 Å². The zero-order valence-corrected chi connectivity index (χ0v) is 4.40. The van der Waals surface area contributed by atoms with E-state index in [2.05, 4.69) is 11.9 Å². The fourth-order valence-corrected chi connectivity index (χ4v) is 0.102. The van der Waals surface area contributed by atoms with Crippen molar-refractivity contribution in [2.24, 2.45) is 0 Å². The lowest BCUT2D eigenvalue weighted by Gasteiger charge is -1.82. The number of hydrogen-bond donors (Lipinski definition) is 2. The molecule has 0 aliphatic rings. The van der Waals surface area contributed by atoms with Gasteiger partial charge in [0.15, 0.2) is 0 Å². The van der Waals surface area contributed by atoms with E-state index in [0.29, 0.717) is 0 Å². The molecule has 0 aliphatic carbocycles. The zero-order valence-electron chi connectivity index (χ0n) is 4.40. The maximum absolute atomic E-state index is 9.95. The largest absolute Gasteiger partial charge is 0.356 e. The van der Waals surface area contributed by atoms with Gasteiger partial charge in [-0.15, -0.1) is 0 Å². The number of hydrogen-bond acceptors (Lipinski definition) is 2. The highest BCUT2D eigenvalue weighted by atomic mass is 16.1. The Morgan fingerprint density at radius 1 is 1.86 bits per heavy atom. The van der Waals surface area contributed by atoms with Gasteiger partial charge in [-0.05, 0) is 6.08 Å². The van der Waals surface area contributed by atoms with E-state index < -0.39 is 0 Å². The van der Waals surface area contributed by atoms with Gasteiger partial charge in [-0.3, -0.25) is 4.79 Å². The van der Waals surface area contributed by atoms with Crippen LogP contribution in [0.3, 0.4) is 0 Å². The van der Waals surface area contributed by atoms with Crippen molar-refractivity contribution in [2.75, 3.05) is 7.05 Å². The highest BCUT2D eigenvalue weighted by Gasteiger charge is 1.78. The molecule has 4 N–H and O–H groups in total. The Morgan fingerprint density at radius 2 is 2.29 bits per heavy atom. The van der Waals surface area contributed by atoms with Gasteiger partial charge in [-0.1, -0.05) is 6.58 Å². The van der Waals surface area contributed by atoms with Crippen molar-refractivity contribution in [1.29, 1.82) is 0 Å². The molecular formula is C4H10N2O. The fourth-order valence-electron chi connectivity index (χ4n) is 0.102. The summed E-state index contributed by atoms with van der Waals surface area (Å²) in [6, 6.07) is 0. The average Bonchev–Trinajstić information content (AvgIpc) is 1.65. The van der Waals surface area contributed by atoms with Crippen LogP contribution >= 0.6 is 0 Å². The summed E-state index contributed by atoms with van der Waals surface area (Å²) in [6.07, 6.45) is 1.22. The van der Waals surface area contributed by atoms with E-state index in [4.69, 9.17) is 0 Å². The van der Waals surface area contributed by atoms with Crippen LogP contribution in [0.25, 0.3) is 0 Å². The maximum atomic E-state index is 9.95. The molecule has 0 unspecified atom stereocenters. The first kappa shape index (κ1) is 9.48. The summed E-state index contributed by atoms with van der Waals surface area (Å²) in [5, 5.41) is 2.36. The molecular weight excluding hydrogens is 92.1 g/mol. The topological polar surface area (TPSA) is 64.1 Å². The van der Waals surface area contributed by atoms with Crippen LogP contribution in [-0.4, -0.2) is 13.0 Å². The number of rotatable bonds is 1. The second kappa shape index (κ2) is 5.17. The molecule has 0 heterocycles. The molecule has 0 aliphatic heterocycles. The summed E-state index contributed by atoms with van der Waals surface area (Å²) in [7, 11) is 1.56. The predicted molar refractivity (Wildman–Crippen MR) is 29.3 cm³/mol. The summed E-state index contributed by atoms with van der Waals surface area (Å²) in [4.78, 5) is 9.95. The molecule has 0 bridgehead atoms. The molecule has 0 saturated carbocycles. The Labute approximate surface area is 43.0 Å². The summed E-state index contributed by atoms with van der Waals surface area (Å²) >= 11 is 0. The van der Waals surface area contributed by atoms with Gasteiger partial charge in [0.25, 0.3) is 0 Å². The van der Waals surface area contributed by atoms with Crippen LogP contribution in [0.2, 0.25) is 0 Å². The van der Waals surface area contributed by atoms with E-state index in [9.17, 15) is 4.79 Å². The molecule has 7 heavy (non-hydrogen) atoms. The third-order valence-electron chi connectivity index (χ3n) is 0.432. The molecule has 0 saturated heterocycles. The molecule has 0 radical (unpaired) electrons. The van der Waals surface area contributed by atoms with E-state index in [1.807, 2.05) is 0 Å². The van der Waals surface area contributed by atoms with Gasteiger partial charge in [0.05, 0.1) is 0 Å². The van der Waals surface area contributed by atoms with E-state index in [-0.39, 0.29) is 12.1 Å². The second-order valence-electron chi connectivity index (χ2n) is 0.818. The summed E-state index contributed by atoms with van der Waals surface area (Å²) in [5.74, 6) is -0.144. The lowest BCUT2D eigenvalue weighted by Crippen LogP contribution is -2.13. The van der Waals surface area contributed by atoms with Crippen LogP contribution < -0.4 is 11.5 Å². The Kier molecular flexibility index (Phi) is 7.00. The number of amides is 1. The Morgan fingerprint density at radius 3 is 2.29 bits per heavy atom. The first-order valence-electron chi connectivity index (χ1n) is 1.65. The normalized spacial score (nSPS) is 5.86. The zero-order chi connectivity index (χ0) is 4.99. The Hall–Kier alpha value is -0.830. The van der Waals surface area contributed by atoms with E-state index in [0.717, 1.165) is 0 Å². The molecule has 0 spiro atoms. The standard InChI is InChI=1S/C4H7NO.H3N/c1-3-4(6)5-2;/h3H,1H2,2H3,(H,5,6);1H3. The van der Waals surface area contributed by atoms with Gasteiger partial charge < -0.3 is 11.5 Å². The van der Waals surface area contributed by atoms with Crippen molar-refractivity contribution in [1.82, 2.24) is 11.5 Å². The third-order valence-corrected chi connectivity index (χ3v) is 0.432. The second-order valence-corrected chi connectivity index (χ2v) is 0.818. The van der Waals surface area contributed by atoms with Gasteiger partial charge in [-0.25, -0.2) is 0 Å². The fraction of sp³-hybridized carbons (Fsp3) is 0.250. The molecule has 3 nitrogen and oxygen atoms in total. The van der Waals surface area contributed by atoms with Crippen molar-refractivity contribution in [2.45, 2.75) is 0 Å². The Balaban J connectivity index is 0. The van der Waals surface area contributed by atoms with Gasteiger partial charge in [-0.2, -0.15) is 0 Å². The van der Waals surface area contributed by atoms with Crippen LogP contribution in [-0.2, 0) is 4.79 Å². The number of carbonyl (C=O) groups excluding carboxylic acids is 1. The number of nitrogens with one attached hydrogen (secondary N) is 1. The number of likely N-dealkylation sites (N-methyl/N-ethyl adjacent to an activating group) is 1. The third kappa shape index (κ3) is 5.17. The van der Waals surface area contributed by atoms with Crippen molar-refractivity contribution in [3.63, 3.8) is 0 Å². The van der Waals surface area contributed by atoms with Crippen LogP contribution in [0.1, 0.15) is 0 Å². The van der Waals surface area contributed by atoms with Gasteiger partial charge in [0, 0.05) is 7.05 Å². The summed E-state index contributed by atoms with van der Waals surface area (Å²) in [5.41, 5.74) is 0. The first-order valence-corrected chi connectivity index (χ1v) is 1.65. The van der Waals surface area contributed by atoms with E-state index >= 15 is 0 Å². The van der Waals surface area contributed by atoms with Gasteiger partial charge in [0.2, 0.25) is 5.91 Å². The lowest BCUT2D eigenvalue weighted by molar-refractivity contribution is -0.116. The van der Waals surface area contributed by atoms with Crippen LogP contribution in [0.15, 0.2) is 12.7 Å². The lowest BCUT2D eigenvalue weighted by atomic mass is 10.6. The SMILES string of the molecule is C=CC(=O)NC.N. The molecule has 0 aromatic rings. The minimum Gasteiger partial charge on any atom is -0.356 e. The number of carbonyl (C=O) groups is 1. The first-order chi connectivity index (χ1) is 2.81. The Bertz CT molecular complexity index is 70.1. The minimum atomic E-state index is -0.144. The molecule has 0 aromatic carbocycles. The quantitative estimate of drug-likeness (QED) is 0.460. The van der Waals surface area contributed by atoms with E-state index in [1.165, 1.54) is 6.08 Å². The van der Waals surface area contributed by atoms with Crippen molar-refractivity contribution < 1.29 is 4.79 Å². The molecule has 3 heteroatoms. The van der Waals surface area contributed by atoms with Crippen molar-refractivity contribution >= 4 is 5.91 Å². The molecule has 42 valence electrons. The molecule has 0 atom stereocenters. The molecule has 0 aromatic heterocycles.